The van der Waals surface area contributed by atoms with Gasteiger partial charge in [0.1, 0.15) is 4.90 Å². The molecule has 1 aliphatic heterocycles. The normalized spacial score (nSPS) is 19.6. The molecule has 1 atom stereocenters. The summed E-state index contributed by atoms with van der Waals surface area (Å²) in [7, 11) is -3.46. The molecule has 1 unspecified atom stereocenters. The quantitative estimate of drug-likeness (QED) is 0.700. The van der Waals surface area contributed by atoms with Crippen LogP contribution in [0.3, 0.4) is 0 Å². The minimum Gasteiger partial charge on any atom is -0.381 e. The Morgan fingerprint density at radius 1 is 1.55 bits per heavy atom. The lowest BCUT2D eigenvalue weighted by atomic mass is 10.1. The molecular weight excluding hydrogens is 280 g/mol. The lowest BCUT2D eigenvalue weighted by Crippen LogP contribution is -2.26. The standard InChI is InChI=1S/C12H22N4O3S/c13-4-1-6-16-9-12(8-14-16)20(17,18)15-5-2-11-3-7-19-10-11/h8-9,11,15H,1-7,10,13H2. The zero-order chi connectivity index (χ0) is 14.4. The van der Waals surface area contributed by atoms with Gasteiger partial charge in [-0.3, -0.25) is 4.68 Å². The number of hydrogen-bond acceptors (Lipinski definition) is 5. The lowest BCUT2D eigenvalue weighted by molar-refractivity contribution is 0.184. The summed E-state index contributed by atoms with van der Waals surface area (Å²) in [6.07, 6.45) is 5.50. The summed E-state index contributed by atoms with van der Waals surface area (Å²) in [4.78, 5) is 0.206. The van der Waals surface area contributed by atoms with Gasteiger partial charge in [-0.05, 0) is 31.7 Å². The number of sulfonamides is 1. The van der Waals surface area contributed by atoms with E-state index in [2.05, 4.69) is 9.82 Å². The van der Waals surface area contributed by atoms with Gasteiger partial charge < -0.3 is 10.5 Å². The van der Waals surface area contributed by atoms with Gasteiger partial charge in [0.2, 0.25) is 10.0 Å². The number of ether oxygens (including phenoxy) is 1. The van der Waals surface area contributed by atoms with Crippen LogP contribution in [0, 0.1) is 5.92 Å². The summed E-state index contributed by atoms with van der Waals surface area (Å²) in [5.74, 6) is 0.463. The fraction of sp³-hybridized carbons (Fsp3) is 0.750. The average molecular weight is 302 g/mol. The summed E-state index contributed by atoms with van der Waals surface area (Å²) in [5.41, 5.74) is 5.41. The number of nitrogens with zero attached hydrogens (tertiary/aromatic N) is 2. The van der Waals surface area contributed by atoms with Crippen LogP contribution in [-0.4, -0.2) is 44.5 Å². The smallest absolute Gasteiger partial charge is 0.243 e. The van der Waals surface area contributed by atoms with Crippen molar-refractivity contribution in [1.29, 1.82) is 0 Å². The van der Waals surface area contributed by atoms with Crippen LogP contribution >= 0.6 is 0 Å². The van der Waals surface area contributed by atoms with Crippen LogP contribution in [0.5, 0.6) is 0 Å². The van der Waals surface area contributed by atoms with Crippen molar-refractivity contribution in [2.75, 3.05) is 26.3 Å². The highest BCUT2D eigenvalue weighted by Crippen LogP contribution is 2.16. The van der Waals surface area contributed by atoms with Gasteiger partial charge in [0, 0.05) is 32.5 Å². The fourth-order valence-electron chi connectivity index (χ4n) is 2.15. The molecule has 1 aromatic heterocycles. The predicted molar refractivity (Wildman–Crippen MR) is 74.6 cm³/mol. The van der Waals surface area contributed by atoms with Gasteiger partial charge in [-0.15, -0.1) is 0 Å². The Hall–Kier alpha value is -0.960. The van der Waals surface area contributed by atoms with Crippen molar-refractivity contribution >= 4 is 10.0 Å². The Bertz CT molecular complexity index is 509. The van der Waals surface area contributed by atoms with Crippen LogP contribution in [0.15, 0.2) is 17.3 Å². The van der Waals surface area contributed by atoms with E-state index in [4.69, 9.17) is 10.5 Å². The Morgan fingerprint density at radius 2 is 2.40 bits per heavy atom. The fourth-order valence-corrected chi connectivity index (χ4v) is 3.15. The van der Waals surface area contributed by atoms with Gasteiger partial charge in [-0.1, -0.05) is 0 Å². The second kappa shape index (κ2) is 7.16. The molecule has 0 spiro atoms. The van der Waals surface area contributed by atoms with Crippen LogP contribution in [-0.2, 0) is 21.3 Å². The zero-order valence-electron chi connectivity index (χ0n) is 11.5. The maximum absolute atomic E-state index is 12.1. The number of rotatable bonds is 8. The first-order valence-corrected chi connectivity index (χ1v) is 8.40. The number of nitrogens with one attached hydrogen (secondary N) is 1. The third-order valence-corrected chi connectivity index (χ3v) is 4.80. The monoisotopic (exact) mass is 302 g/mol. The number of aromatic nitrogens is 2. The van der Waals surface area contributed by atoms with Crippen molar-refractivity contribution in [2.24, 2.45) is 11.7 Å². The number of hydrogen-bond donors (Lipinski definition) is 2. The molecule has 1 aromatic rings. The number of aryl methyl sites for hydroxylation is 1. The summed E-state index contributed by atoms with van der Waals surface area (Å²) in [6.45, 7) is 3.14. The van der Waals surface area contributed by atoms with Crippen LogP contribution in [0.4, 0.5) is 0 Å². The molecule has 1 aliphatic rings. The third-order valence-electron chi connectivity index (χ3n) is 3.38. The Morgan fingerprint density at radius 3 is 3.10 bits per heavy atom. The highest BCUT2D eigenvalue weighted by molar-refractivity contribution is 7.89. The van der Waals surface area contributed by atoms with Crippen LogP contribution in [0.2, 0.25) is 0 Å². The van der Waals surface area contributed by atoms with Gasteiger partial charge in [0.25, 0.3) is 0 Å². The summed E-state index contributed by atoms with van der Waals surface area (Å²) in [5, 5.41) is 4.03. The topological polar surface area (TPSA) is 99.2 Å². The minimum absolute atomic E-state index is 0.206. The van der Waals surface area contributed by atoms with Crippen LogP contribution in [0.1, 0.15) is 19.3 Å². The van der Waals surface area contributed by atoms with Gasteiger partial charge in [0.15, 0.2) is 0 Å². The molecule has 20 heavy (non-hydrogen) atoms. The molecule has 2 heterocycles. The van der Waals surface area contributed by atoms with Crippen LogP contribution < -0.4 is 10.5 Å². The molecule has 0 amide bonds. The van der Waals surface area contributed by atoms with Gasteiger partial charge >= 0.3 is 0 Å². The molecule has 0 bridgehead atoms. The first-order chi connectivity index (χ1) is 9.62. The Labute approximate surface area is 119 Å². The molecule has 0 aromatic carbocycles. The molecule has 7 nitrogen and oxygen atoms in total. The molecule has 0 saturated carbocycles. The molecule has 0 radical (unpaired) electrons. The molecule has 0 aliphatic carbocycles. The molecule has 1 saturated heterocycles. The van der Waals surface area contributed by atoms with E-state index in [1.807, 2.05) is 0 Å². The van der Waals surface area contributed by atoms with Crippen molar-refractivity contribution in [3.05, 3.63) is 12.4 Å². The molecule has 2 rings (SSSR count). The largest absolute Gasteiger partial charge is 0.381 e. The minimum atomic E-state index is -3.46. The summed E-state index contributed by atoms with van der Waals surface area (Å²) in [6, 6.07) is 0. The predicted octanol–water partition coefficient (Wildman–Crippen LogP) is -0.0632. The average Bonchev–Trinajstić information content (AvgIpc) is 3.07. The van der Waals surface area contributed by atoms with Gasteiger partial charge in [0.05, 0.1) is 6.20 Å². The zero-order valence-corrected chi connectivity index (χ0v) is 12.3. The third kappa shape index (κ3) is 4.27. The Kier molecular flexibility index (Phi) is 5.53. The van der Waals surface area contributed by atoms with E-state index in [0.29, 0.717) is 25.6 Å². The highest BCUT2D eigenvalue weighted by Gasteiger charge is 2.19. The first kappa shape index (κ1) is 15.4. The van der Waals surface area contributed by atoms with E-state index >= 15 is 0 Å². The highest BCUT2D eigenvalue weighted by atomic mass is 32.2. The summed E-state index contributed by atoms with van der Waals surface area (Å²) < 4.78 is 33.6. The van der Waals surface area contributed by atoms with Crippen molar-refractivity contribution in [2.45, 2.75) is 30.7 Å². The number of nitrogens with two attached hydrogens (primary N) is 1. The first-order valence-electron chi connectivity index (χ1n) is 6.92. The second-order valence-electron chi connectivity index (χ2n) is 5.00. The van der Waals surface area contributed by atoms with Crippen LogP contribution in [0.25, 0.3) is 0 Å². The molecule has 8 heteroatoms. The van der Waals surface area contributed by atoms with Crippen molar-refractivity contribution in [1.82, 2.24) is 14.5 Å². The van der Waals surface area contributed by atoms with E-state index in [-0.39, 0.29) is 4.90 Å². The second-order valence-corrected chi connectivity index (χ2v) is 6.76. The maximum Gasteiger partial charge on any atom is 0.243 e. The molecule has 114 valence electrons. The van der Waals surface area contributed by atoms with E-state index in [1.54, 1.807) is 4.68 Å². The van der Waals surface area contributed by atoms with E-state index in [0.717, 1.165) is 32.5 Å². The lowest BCUT2D eigenvalue weighted by Gasteiger charge is -2.08. The van der Waals surface area contributed by atoms with Crippen molar-refractivity contribution in [3.63, 3.8) is 0 Å². The Balaban J connectivity index is 1.83. The van der Waals surface area contributed by atoms with E-state index < -0.39 is 10.0 Å². The van der Waals surface area contributed by atoms with Gasteiger partial charge in [-0.2, -0.15) is 5.10 Å². The van der Waals surface area contributed by atoms with Crippen molar-refractivity contribution in [3.8, 4) is 0 Å². The van der Waals surface area contributed by atoms with E-state index in [9.17, 15) is 8.42 Å². The SMILES string of the molecule is NCCCn1cc(S(=O)(=O)NCCC2CCOC2)cn1. The molecule has 3 N–H and O–H groups in total. The molecule has 1 fully saturated rings. The molecular formula is C12H22N4O3S. The maximum atomic E-state index is 12.1. The van der Waals surface area contributed by atoms with Crippen molar-refractivity contribution < 1.29 is 13.2 Å². The van der Waals surface area contributed by atoms with Gasteiger partial charge in [-0.25, -0.2) is 13.1 Å². The van der Waals surface area contributed by atoms with E-state index in [1.165, 1.54) is 12.4 Å². The summed E-state index contributed by atoms with van der Waals surface area (Å²) >= 11 is 0.